The number of carbonyl (C=O) groups excluding carboxylic acids is 1. The SMILES string of the molecule is Nc1cccc(Cl)c1C(=O)OCC1CCC1. The van der Waals surface area contributed by atoms with Crippen molar-refractivity contribution in [2.24, 2.45) is 5.92 Å². The number of carbonyl (C=O) groups is 1. The molecule has 1 aliphatic rings. The maximum atomic E-state index is 11.7. The summed E-state index contributed by atoms with van der Waals surface area (Å²) in [7, 11) is 0. The zero-order valence-electron chi connectivity index (χ0n) is 8.91. The minimum atomic E-state index is -0.421. The number of rotatable bonds is 3. The van der Waals surface area contributed by atoms with Crippen LogP contribution in [0.1, 0.15) is 29.6 Å². The topological polar surface area (TPSA) is 52.3 Å². The van der Waals surface area contributed by atoms with E-state index in [1.165, 1.54) is 6.42 Å². The predicted octanol–water partition coefficient (Wildman–Crippen LogP) is 2.88. The first-order chi connectivity index (χ1) is 7.68. The molecule has 16 heavy (non-hydrogen) atoms. The molecular formula is C12H14ClNO2. The van der Waals surface area contributed by atoms with Gasteiger partial charge in [0, 0.05) is 5.69 Å². The number of anilines is 1. The molecule has 4 heteroatoms. The number of hydrogen-bond donors (Lipinski definition) is 1. The molecule has 0 atom stereocenters. The van der Waals surface area contributed by atoms with Crippen LogP contribution in [0, 0.1) is 5.92 Å². The van der Waals surface area contributed by atoms with Crippen LogP contribution in [0.4, 0.5) is 5.69 Å². The number of halogens is 1. The highest BCUT2D eigenvalue weighted by Crippen LogP contribution is 2.28. The minimum absolute atomic E-state index is 0.281. The van der Waals surface area contributed by atoms with Crippen molar-refractivity contribution in [3.8, 4) is 0 Å². The Morgan fingerprint density at radius 1 is 1.50 bits per heavy atom. The number of esters is 1. The van der Waals surface area contributed by atoms with Gasteiger partial charge in [-0.1, -0.05) is 24.1 Å². The Bertz CT molecular complexity index is 382. The van der Waals surface area contributed by atoms with E-state index in [0.717, 1.165) is 12.8 Å². The maximum Gasteiger partial charge on any atom is 0.341 e. The van der Waals surface area contributed by atoms with Crippen LogP contribution in [0.3, 0.4) is 0 Å². The highest BCUT2D eigenvalue weighted by Gasteiger charge is 2.21. The molecule has 2 rings (SSSR count). The summed E-state index contributed by atoms with van der Waals surface area (Å²) < 4.78 is 5.19. The maximum absolute atomic E-state index is 11.7. The van der Waals surface area contributed by atoms with Crippen molar-refractivity contribution in [2.75, 3.05) is 12.3 Å². The van der Waals surface area contributed by atoms with Crippen LogP contribution in [0.5, 0.6) is 0 Å². The van der Waals surface area contributed by atoms with Crippen LogP contribution in [-0.4, -0.2) is 12.6 Å². The second-order valence-electron chi connectivity index (χ2n) is 4.10. The third kappa shape index (κ3) is 2.30. The number of nitrogen functional groups attached to an aromatic ring is 1. The summed E-state index contributed by atoms with van der Waals surface area (Å²) in [5.41, 5.74) is 6.34. The number of nitrogens with two attached hydrogens (primary N) is 1. The molecular weight excluding hydrogens is 226 g/mol. The molecule has 0 saturated heterocycles. The number of hydrogen-bond acceptors (Lipinski definition) is 3. The predicted molar refractivity (Wildman–Crippen MR) is 63.5 cm³/mol. The van der Waals surface area contributed by atoms with Crippen molar-refractivity contribution in [1.29, 1.82) is 0 Å². The van der Waals surface area contributed by atoms with Crippen molar-refractivity contribution in [3.05, 3.63) is 28.8 Å². The van der Waals surface area contributed by atoms with E-state index >= 15 is 0 Å². The van der Waals surface area contributed by atoms with Gasteiger partial charge in [0.05, 0.1) is 11.6 Å². The van der Waals surface area contributed by atoms with Gasteiger partial charge >= 0.3 is 5.97 Å². The van der Waals surface area contributed by atoms with E-state index in [-0.39, 0.29) is 5.56 Å². The normalized spacial score (nSPS) is 15.6. The fraction of sp³-hybridized carbons (Fsp3) is 0.417. The Labute approximate surface area is 99.5 Å². The van der Waals surface area contributed by atoms with E-state index in [4.69, 9.17) is 22.1 Å². The molecule has 1 aromatic carbocycles. The molecule has 86 valence electrons. The Morgan fingerprint density at radius 3 is 2.81 bits per heavy atom. The highest BCUT2D eigenvalue weighted by atomic mass is 35.5. The molecule has 0 radical (unpaired) electrons. The average molecular weight is 240 g/mol. The summed E-state index contributed by atoms with van der Waals surface area (Å²) >= 11 is 5.91. The zero-order chi connectivity index (χ0) is 11.5. The lowest BCUT2D eigenvalue weighted by atomic mass is 9.86. The van der Waals surface area contributed by atoms with Crippen molar-refractivity contribution in [3.63, 3.8) is 0 Å². The lowest BCUT2D eigenvalue weighted by molar-refractivity contribution is 0.0373. The fourth-order valence-corrected chi connectivity index (χ4v) is 1.94. The van der Waals surface area contributed by atoms with E-state index in [2.05, 4.69) is 0 Å². The zero-order valence-corrected chi connectivity index (χ0v) is 9.67. The number of benzene rings is 1. The Kier molecular flexibility index (Phi) is 3.34. The molecule has 0 unspecified atom stereocenters. The van der Waals surface area contributed by atoms with Gasteiger partial charge in [-0.25, -0.2) is 4.79 Å². The molecule has 0 spiro atoms. The van der Waals surface area contributed by atoms with Gasteiger partial charge in [0.1, 0.15) is 5.56 Å². The van der Waals surface area contributed by atoms with Crippen LogP contribution in [0.15, 0.2) is 18.2 Å². The fourth-order valence-electron chi connectivity index (χ4n) is 1.68. The average Bonchev–Trinajstić information content (AvgIpc) is 2.15. The highest BCUT2D eigenvalue weighted by molar-refractivity contribution is 6.34. The van der Waals surface area contributed by atoms with Gasteiger partial charge in [0.15, 0.2) is 0 Å². The summed E-state index contributed by atoms with van der Waals surface area (Å²) in [5.74, 6) is 0.0997. The smallest absolute Gasteiger partial charge is 0.341 e. The molecule has 1 fully saturated rings. The van der Waals surface area contributed by atoms with Crippen molar-refractivity contribution in [2.45, 2.75) is 19.3 Å². The minimum Gasteiger partial charge on any atom is -0.462 e. The first-order valence-corrected chi connectivity index (χ1v) is 5.77. The van der Waals surface area contributed by atoms with Gasteiger partial charge in [-0.3, -0.25) is 0 Å². The second-order valence-corrected chi connectivity index (χ2v) is 4.51. The van der Waals surface area contributed by atoms with Crippen LogP contribution >= 0.6 is 11.6 Å². The van der Waals surface area contributed by atoms with Gasteiger partial charge in [0.25, 0.3) is 0 Å². The summed E-state index contributed by atoms with van der Waals surface area (Å²) in [6.07, 6.45) is 3.52. The van der Waals surface area contributed by atoms with Crippen LogP contribution in [0.2, 0.25) is 5.02 Å². The molecule has 0 aliphatic heterocycles. The summed E-state index contributed by atoms with van der Waals surface area (Å²) in [6.45, 7) is 0.476. The lowest BCUT2D eigenvalue weighted by Gasteiger charge is -2.24. The van der Waals surface area contributed by atoms with Gasteiger partial charge in [-0.2, -0.15) is 0 Å². The van der Waals surface area contributed by atoms with Crippen molar-refractivity contribution in [1.82, 2.24) is 0 Å². The number of ether oxygens (including phenoxy) is 1. The third-order valence-corrected chi connectivity index (χ3v) is 3.24. The van der Waals surface area contributed by atoms with E-state index in [9.17, 15) is 4.79 Å². The second kappa shape index (κ2) is 4.74. The molecule has 1 aliphatic carbocycles. The molecule has 0 aromatic heterocycles. The van der Waals surface area contributed by atoms with Crippen LogP contribution < -0.4 is 5.73 Å². The molecule has 3 nitrogen and oxygen atoms in total. The first-order valence-electron chi connectivity index (χ1n) is 5.39. The lowest BCUT2D eigenvalue weighted by Crippen LogP contribution is -2.20. The van der Waals surface area contributed by atoms with E-state index < -0.39 is 5.97 Å². The first kappa shape index (κ1) is 11.3. The molecule has 2 N–H and O–H groups in total. The Balaban J connectivity index is 2.02. The van der Waals surface area contributed by atoms with Gasteiger partial charge < -0.3 is 10.5 Å². The van der Waals surface area contributed by atoms with Crippen LogP contribution in [-0.2, 0) is 4.74 Å². The van der Waals surface area contributed by atoms with Crippen molar-refractivity contribution < 1.29 is 9.53 Å². The summed E-state index contributed by atoms with van der Waals surface area (Å²) in [5, 5.41) is 0.346. The standard InChI is InChI=1S/C12H14ClNO2/c13-9-5-2-6-10(14)11(9)12(15)16-7-8-3-1-4-8/h2,5-6,8H,1,3-4,7,14H2. The molecule has 0 amide bonds. The van der Waals surface area contributed by atoms with Crippen LogP contribution in [0.25, 0.3) is 0 Å². The van der Waals surface area contributed by atoms with Gasteiger partial charge in [0.2, 0.25) is 0 Å². The third-order valence-electron chi connectivity index (χ3n) is 2.92. The van der Waals surface area contributed by atoms with E-state index in [1.807, 2.05) is 0 Å². The molecule has 1 saturated carbocycles. The Morgan fingerprint density at radius 2 is 2.25 bits per heavy atom. The largest absolute Gasteiger partial charge is 0.462 e. The summed E-state index contributed by atoms with van der Waals surface area (Å²) in [6, 6.07) is 4.99. The van der Waals surface area contributed by atoms with Gasteiger partial charge in [-0.05, 0) is 30.9 Å². The monoisotopic (exact) mass is 239 g/mol. The Hall–Kier alpha value is -1.22. The van der Waals surface area contributed by atoms with E-state index in [0.29, 0.717) is 23.2 Å². The van der Waals surface area contributed by atoms with E-state index in [1.54, 1.807) is 18.2 Å². The van der Waals surface area contributed by atoms with Gasteiger partial charge in [-0.15, -0.1) is 0 Å². The molecule has 1 aromatic rings. The summed E-state index contributed by atoms with van der Waals surface area (Å²) in [4.78, 5) is 11.7. The van der Waals surface area contributed by atoms with Crippen molar-refractivity contribution >= 4 is 23.3 Å². The molecule has 0 bridgehead atoms. The molecule has 0 heterocycles. The quantitative estimate of drug-likeness (QED) is 0.652.